The van der Waals surface area contributed by atoms with Crippen LogP contribution in [0.5, 0.6) is 0 Å². The molecule has 8 heteroatoms. The van der Waals surface area contributed by atoms with Crippen LogP contribution in [-0.4, -0.2) is 45.5 Å². The smallest absolute Gasteiger partial charge is 0.241 e. The Bertz CT molecular complexity index is 866. The fourth-order valence-corrected chi connectivity index (χ4v) is 4.27. The lowest BCUT2D eigenvalue weighted by molar-refractivity contribution is -0.135. The van der Waals surface area contributed by atoms with Gasteiger partial charge in [0.05, 0.1) is 24.2 Å². The summed E-state index contributed by atoms with van der Waals surface area (Å²) in [4.78, 5) is 14.5. The zero-order valence-electron chi connectivity index (χ0n) is 14.7. The van der Waals surface area contributed by atoms with Gasteiger partial charge in [-0.1, -0.05) is 41.9 Å². The maximum Gasteiger partial charge on any atom is 0.241 e. The molecule has 1 amide bonds. The molecular formula is C19H21ClN2O4S. The second kappa shape index (κ2) is 8.84. The number of halogens is 1. The van der Waals surface area contributed by atoms with Gasteiger partial charge in [0.15, 0.2) is 0 Å². The summed E-state index contributed by atoms with van der Waals surface area (Å²) >= 11 is 5.95. The fraction of sp³-hybridized carbons (Fsp3) is 0.316. The number of hydrogen-bond acceptors (Lipinski definition) is 4. The van der Waals surface area contributed by atoms with E-state index in [0.717, 1.165) is 0 Å². The summed E-state index contributed by atoms with van der Waals surface area (Å²) < 4.78 is 33.5. The maximum atomic E-state index is 12.8. The third-order valence-electron chi connectivity index (χ3n) is 4.37. The van der Waals surface area contributed by atoms with E-state index in [2.05, 4.69) is 4.72 Å². The van der Waals surface area contributed by atoms with Crippen LogP contribution in [0.1, 0.15) is 18.0 Å². The van der Waals surface area contributed by atoms with Crippen molar-refractivity contribution in [2.75, 3.05) is 26.3 Å². The highest BCUT2D eigenvalue weighted by atomic mass is 35.5. The van der Waals surface area contributed by atoms with E-state index >= 15 is 0 Å². The number of hydrogen-bond donors (Lipinski definition) is 1. The average molecular weight is 409 g/mol. The minimum absolute atomic E-state index is 0.0215. The molecule has 0 saturated carbocycles. The number of morpholine rings is 1. The summed E-state index contributed by atoms with van der Waals surface area (Å²) in [5, 5.41) is 0.544. The second-order valence-corrected chi connectivity index (χ2v) is 8.39. The van der Waals surface area contributed by atoms with Crippen molar-refractivity contribution in [1.29, 1.82) is 0 Å². The number of nitrogens with one attached hydrogen (secondary N) is 1. The number of carbonyl (C=O) groups is 1. The first kappa shape index (κ1) is 19.8. The van der Waals surface area contributed by atoms with Crippen LogP contribution >= 0.6 is 11.6 Å². The molecule has 1 atom stereocenters. The van der Waals surface area contributed by atoms with E-state index in [-0.39, 0.29) is 17.2 Å². The van der Waals surface area contributed by atoms with Gasteiger partial charge in [-0.05, 0) is 29.8 Å². The molecule has 1 fully saturated rings. The Morgan fingerprint density at radius 1 is 1.07 bits per heavy atom. The first-order chi connectivity index (χ1) is 13.0. The molecule has 0 radical (unpaired) electrons. The van der Waals surface area contributed by atoms with Crippen molar-refractivity contribution in [3.8, 4) is 0 Å². The minimum Gasteiger partial charge on any atom is -0.378 e. The van der Waals surface area contributed by atoms with Crippen molar-refractivity contribution >= 4 is 27.5 Å². The largest absolute Gasteiger partial charge is 0.378 e. The molecule has 0 spiro atoms. The number of ether oxygens (including phenoxy) is 1. The Morgan fingerprint density at radius 2 is 1.70 bits per heavy atom. The molecule has 1 aliphatic rings. The molecule has 1 saturated heterocycles. The van der Waals surface area contributed by atoms with Gasteiger partial charge < -0.3 is 9.64 Å². The van der Waals surface area contributed by atoms with Gasteiger partial charge in [-0.2, -0.15) is 0 Å². The third kappa shape index (κ3) is 5.29. The van der Waals surface area contributed by atoms with Gasteiger partial charge >= 0.3 is 0 Å². The van der Waals surface area contributed by atoms with Gasteiger partial charge in [0, 0.05) is 24.5 Å². The molecule has 1 aliphatic heterocycles. The van der Waals surface area contributed by atoms with Gasteiger partial charge in [0.1, 0.15) is 0 Å². The number of amides is 1. The quantitative estimate of drug-likeness (QED) is 0.797. The first-order valence-corrected chi connectivity index (χ1v) is 10.5. The summed E-state index contributed by atoms with van der Waals surface area (Å²) in [5.41, 5.74) is 0.681. The highest BCUT2D eigenvalue weighted by Gasteiger charge is 2.26. The monoisotopic (exact) mass is 408 g/mol. The van der Waals surface area contributed by atoms with Crippen LogP contribution in [0.2, 0.25) is 5.02 Å². The summed E-state index contributed by atoms with van der Waals surface area (Å²) in [6.07, 6.45) is 0.0215. The van der Waals surface area contributed by atoms with Crippen LogP contribution in [0.3, 0.4) is 0 Å². The molecule has 144 valence electrons. The lowest BCUT2D eigenvalue weighted by atomic mass is 10.0. The lowest BCUT2D eigenvalue weighted by Gasteiger charge is -2.29. The van der Waals surface area contributed by atoms with Crippen LogP contribution in [0.15, 0.2) is 59.5 Å². The molecule has 1 N–H and O–H groups in total. The molecule has 2 aromatic carbocycles. The van der Waals surface area contributed by atoms with Crippen LogP contribution in [0.25, 0.3) is 0 Å². The SMILES string of the molecule is O=C(C[C@@H](NS(=O)(=O)c1ccccc1)c1ccc(Cl)cc1)N1CCOCC1. The lowest BCUT2D eigenvalue weighted by Crippen LogP contribution is -2.42. The molecule has 3 rings (SSSR count). The van der Waals surface area contributed by atoms with Crippen LogP contribution < -0.4 is 4.72 Å². The molecule has 1 heterocycles. The third-order valence-corrected chi connectivity index (χ3v) is 6.11. The standard InChI is InChI=1S/C19H21ClN2O4S/c20-16-8-6-15(7-9-16)18(14-19(23)22-10-12-26-13-11-22)21-27(24,25)17-4-2-1-3-5-17/h1-9,18,21H,10-14H2/t18-/m1/s1. The first-order valence-electron chi connectivity index (χ1n) is 8.64. The van der Waals surface area contributed by atoms with E-state index in [1.54, 1.807) is 47.4 Å². The number of nitrogens with zero attached hydrogens (tertiary/aromatic N) is 1. The Kier molecular flexibility index (Phi) is 6.49. The average Bonchev–Trinajstić information content (AvgIpc) is 2.69. The van der Waals surface area contributed by atoms with Crippen LogP contribution in [0, 0.1) is 0 Å². The van der Waals surface area contributed by atoms with Crippen molar-refractivity contribution in [3.05, 3.63) is 65.2 Å². The molecule has 0 aliphatic carbocycles. The summed E-state index contributed by atoms with van der Waals surface area (Å²) in [6.45, 7) is 2.01. The summed E-state index contributed by atoms with van der Waals surface area (Å²) in [5.74, 6) is -0.117. The molecule has 0 aromatic heterocycles. The maximum absolute atomic E-state index is 12.8. The second-order valence-electron chi connectivity index (χ2n) is 6.24. The Morgan fingerprint density at radius 3 is 2.33 bits per heavy atom. The highest BCUT2D eigenvalue weighted by Crippen LogP contribution is 2.23. The van der Waals surface area contributed by atoms with E-state index < -0.39 is 16.1 Å². The van der Waals surface area contributed by atoms with Crippen molar-refractivity contribution in [2.45, 2.75) is 17.4 Å². The highest BCUT2D eigenvalue weighted by molar-refractivity contribution is 7.89. The number of sulfonamides is 1. The van der Waals surface area contributed by atoms with Gasteiger partial charge in [0.2, 0.25) is 15.9 Å². The van der Waals surface area contributed by atoms with E-state index in [0.29, 0.717) is 36.9 Å². The normalized spacial score (nSPS) is 16.1. The Balaban J connectivity index is 1.83. The van der Waals surface area contributed by atoms with E-state index in [4.69, 9.17) is 16.3 Å². The molecule has 27 heavy (non-hydrogen) atoms. The Labute approximate surface area is 164 Å². The van der Waals surface area contributed by atoms with Crippen molar-refractivity contribution in [1.82, 2.24) is 9.62 Å². The topological polar surface area (TPSA) is 75.7 Å². The molecule has 0 bridgehead atoms. The minimum atomic E-state index is -3.77. The van der Waals surface area contributed by atoms with Crippen molar-refractivity contribution in [2.24, 2.45) is 0 Å². The van der Waals surface area contributed by atoms with E-state index in [1.807, 2.05) is 0 Å². The van der Waals surface area contributed by atoms with Crippen molar-refractivity contribution in [3.63, 3.8) is 0 Å². The number of carbonyl (C=O) groups excluding carboxylic acids is 1. The molecular weight excluding hydrogens is 388 g/mol. The molecule has 2 aromatic rings. The van der Waals surface area contributed by atoms with E-state index in [9.17, 15) is 13.2 Å². The van der Waals surface area contributed by atoms with Crippen LogP contribution in [0.4, 0.5) is 0 Å². The predicted octanol–water partition coefficient (Wildman–Crippen LogP) is 2.61. The molecule has 6 nitrogen and oxygen atoms in total. The van der Waals surface area contributed by atoms with Crippen LogP contribution in [-0.2, 0) is 19.6 Å². The zero-order chi connectivity index (χ0) is 19.3. The summed E-state index contributed by atoms with van der Waals surface area (Å²) in [6, 6.07) is 14.2. The zero-order valence-corrected chi connectivity index (χ0v) is 16.2. The fourth-order valence-electron chi connectivity index (χ4n) is 2.89. The van der Waals surface area contributed by atoms with Gasteiger partial charge in [-0.15, -0.1) is 0 Å². The number of benzene rings is 2. The van der Waals surface area contributed by atoms with E-state index in [1.165, 1.54) is 12.1 Å². The van der Waals surface area contributed by atoms with Gasteiger partial charge in [0.25, 0.3) is 0 Å². The number of rotatable bonds is 6. The molecule has 0 unspecified atom stereocenters. The Hall–Kier alpha value is -1.93. The summed E-state index contributed by atoms with van der Waals surface area (Å²) in [7, 11) is -3.77. The van der Waals surface area contributed by atoms with Gasteiger partial charge in [-0.3, -0.25) is 4.79 Å². The van der Waals surface area contributed by atoms with Gasteiger partial charge in [-0.25, -0.2) is 13.1 Å². The predicted molar refractivity (Wildman–Crippen MR) is 103 cm³/mol. The van der Waals surface area contributed by atoms with Crippen molar-refractivity contribution < 1.29 is 17.9 Å².